The molecule has 28 heavy (non-hydrogen) atoms. The lowest BCUT2D eigenvalue weighted by Crippen LogP contribution is -2.22. The van der Waals surface area contributed by atoms with E-state index in [9.17, 15) is 18.4 Å². The van der Waals surface area contributed by atoms with E-state index in [0.717, 1.165) is 6.07 Å². The van der Waals surface area contributed by atoms with Crippen LogP contribution >= 0.6 is 0 Å². The van der Waals surface area contributed by atoms with Gasteiger partial charge in [-0.15, -0.1) is 5.10 Å². The zero-order chi connectivity index (χ0) is 20.3. The van der Waals surface area contributed by atoms with Crippen molar-refractivity contribution in [2.45, 2.75) is 19.9 Å². The molecule has 0 saturated heterocycles. The smallest absolute Gasteiger partial charge is 0.248 e. The number of anilines is 1. The predicted molar refractivity (Wildman–Crippen MR) is 96.2 cm³/mol. The first-order chi connectivity index (χ1) is 13.3. The van der Waals surface area contributed by atoms with Crippen molar-refractivity contribution in [1.29, 1.82) is 0 Å². The number of amides is 1. The molecule has 10 heteroatoms. The van der Waals surface area contributed by atoms with E-state index in [0.29, 0.717) is 17.1 Å². The van der Waals surface area contributed by atoms with Crippen molar-refractivity contribution in [3.05, 3.63) is 69.4 Å². The van der Waals surface area contributed by atoms with E-state index in [2.05, 4.69) is 20.5 Å². The quantitative estimate of drug-likeness (QED) is 0.669. The summed E-state index contributed by atoms with van der Waals surface area (Å²) in [4.78, 5) is 28.0. The van der Waals surface area contributed by atoms with Gasteiger partial charge in [0.15, 0.2) is 5.75 Å². The molecule has 0 aliphatic heterocycles. The van der Waals surface area contributed by atoms with Crippen LogP contribution in [0.4, 0.5) is 14.7 Å². The summed E-state index contributed by atoms with van der Waals surface area (Å²) >= 11 is 0. The van der Waals surface area contributed by atoms with Crippen LogP contribution in [-0.4, -0.2) is 32.8 Å². The first-order valence-electron chi connectivity index (χ1n) is 8.25. The fourth-order valence-electron chi connectivity index (χ4n) is 2.63. The number of methoxy groups -OCH3 is 1. The molecule has 0 saturated carbocycles. The van der Waals surface area contributed by atoms with Gasteiger partial charge in [-0.2, -0.15) is 4.98 Å². The van der Waals surface area contributed by atoms with Crippen LogP contribution in [0.15, 0.2) is 35.3 Å². The molecule has 2 heterocycles. The van der Waals surface area contributed by atoms with Crippen LogP contribution in [0.25, 0.3) is 0 Å². The Morgan fingerprint density at radius 3 is 2.64 bits per heavy atom. The van der Waals surface area contributed by atoms with Crippen LogP contribution in [0, 0.1) is 18.6 Å². The van der Waals surface area contributed by atoms with Crippen molar-refractivity contribution < 1.29 is 18.3 Å². The molecular weight excluding hydrogens is 372 g/mol. The third kappa shape index (κ3) is 4.58. The maximum Gasteiger partial charge on any atom is 0.248 e. The van der Waals surface area contributed by atoms with Crippen LogP contribution in [-0.2, 0) is 17.8 Å². The van der Waals surface area contributed by atoms with Crippen molar-refractivity contribution in [1.82, 2.24) is 19.7 Å². The average molecular weight is 389 g/mol. The molecule has 0 atom stereocenters. The van der Waals surface area contributed by atoms with Crippen molar-refractivity contribution in [2.24, 2.45) is 0 Å². The van der Waals surface area contributed by atoms with Gasteiger partial charge in [-0.3, -0.25) is 20.0 Å². The second-order valence-corrected chi connectivity index (χ2v) is 6.08. The number of H-pyrrole nitrogens is 1. The van der Waals surface area contributed by atoms with E-state index in [1.165, 1.54) is 31.5 Å². The van der Waals surface area contributed by atoms with Crippen LogP contribution < -0.4 is 15.5 Å². The van der Waals surface area contributed by atoms with Gasteiger partial charge in [-0.1, -0.05) is 0 Å². The van der Waals surface area contributed by atoms with Crippen molar-refractivity contribution >= 4 is 11.9 Å². The number of aromatic nitrogens is 4. The number of nitrogens with one attached hydrogen (secondary N) is 2. The summed E-state index contributed by atoms with van der Waals surface area (Å²) in [6.45, 7) is 1.61. The third-order valence-corrected chi connectivity index (χ3v) is 3.92. The molecule has 1 amide bonds. The van der Waals surface area contributed by atoms with Crippen molar-refractivity contribution in [3.8, 4) is 5.75 Å². The summed E-state index contributed by atoms with van der Waals surface area (Å²) in [6, 6.07) is 4.53. The Morgan fingerprint density at radius 2 is 1.96 bits per heavy atom. The molecule has 1 aromatic carbocycles. The number of aryl methyl sites for hydroxylation is 1. The molecule has 0 unspecified atom stereocenters. The molecule has 0 radical (unpaired) electrons. The lowest BCUT2D eigenvalue weighted by molar-refractivity contribution is -0.116. The number of hydrogen-bond donors (Lipinski definition) is 2. The van der Waals surface area contributed by atoms with E-state index < -0.39 is 17.5 Å². The summed E-state index contributed by atoms with van der Waals surface area (Å²) in [5.41, 5.74) is 0.691. The molecule has 2 N–H and O–H groups in total. The number of benzene rings is 1. The van der Waals surface area contributed by atoms with E-state index in [4.69, 9.17) is 4.74 Å². The molecule has 0 fully saturated rings. The molecule has 0 spiro atoms. The average Bonchev–Trinajstić information content (AvgIpc) is 3.03. The van der Waals surface area contributed by atoms with Gasteiger partial charge in [-0.25, -0.2) is 8.78 Å². The standard InChI is InChI=1S/C18H17F2N5O3/c1-10-3-14(26)15(28-2)8-25(10)9-17(27)22-18-21-16(23-24-18)6-11-4-12(19)7-13(20)5-11/h3-5,7-8H,6,9H2,1-2H3,(H2,21,22,23,24,27). The highest BCUT2D eigenvalue weighted by Gasteiger charge is 2.12. The Kier molecular flexibility index (Phi) is 5.48. The van der Waals surface area contributed by atoms with Crippen molar-refractivity contribution in [2.75, 3.05) is 12.4 Å². The molecule has 3 rings (SSSR count). The number of hydrogen-bond acceptors (Lipinski definition) is 5. The number of carbonyl (C=O) groups is 1. The van der Waals surface area contributed by atoms with E-state index in [1.54, 1.807) is 11.5 Å². The zero-order valence-corrected chi connectivity index (χ0v) is 15.1. The van der Waals surface area contributed by atoms with Gasteiger partial charge in [0.05, 0.1) is 13.3 Å². The lowest BCUT2D eigenvalue weighted by atomic mass is 10.1. The van der Waals surface area contributed by atoms with Gasteiger partial charge in [-0.05, 0) is 24.6 Å². The minimum Gasteiger partial charge on any atom is -0.491 e. The number of nitrogens with zero attached hydrogens (tertiary/aromatic N) is 3. The molecule has 0 aliphatic carbocycles. The fraction of sp³-hybridized carbons (Fsp3) is 0.222. The second-order valence-electron chi connectivity index (χ2n) is 6.08. The molecule has 2 aromatic heterocycles. The Labute approximate surface area is 158 Å². The Hall–Kier alpha value is -3.56. The van der Waals surface area contributed by atoms with E-state index in [1.807, 2.05) is 0 Å². The van der Waals surface area contributed by atoms with Crippen LogP contribution in [0.3, 0.4) is 0 Å². The number of ether oxygens (including phenoxy) is 1. The molecule has 8 nitrogen and oxygen atoms in total. The zero-order valence-electron chi connectivity index (χ0n) is 15.1. The predicted octanol–water partition coefficient (Wildman–Crippen LogP) is 1.79. The van der Waals surface area contributed by atoms with Crippen LogP contribution in [0.5, 0.6) is 5.75 Å². The molecule has 0 aliphatic rings. The SMILES string of the molecule is COc1cn(CC(=O)Nc2n[nH]c(Cc3cc(F)cc(F)c3)n2)c(C)cc1=O. The van der Waals surface area contributed by atoms with Crippen molar-refractivity contribution in [3.63, 3.8) is 0 Å². The minimum atomic E-state index is -0.685. The molecule has 3 aromatic rings. The number of pyridine rings is 1. The maximum atomic E-state index is 13.3. The normalized spacial score (nSPS) is 10.7. The maximum absolute atomic E-state index is 13.3. The minimum absolute atomic E-state index is 0.0301. The summed E-state index contributed by atoms with van der Waals surface area (Å²) in [5.74, 6) is -1.30. The summed E-state index contributed by atoms with van der Waals surface area (Å²) < 4.78 is 33.0. The van der Waals surface area contributed by atoms with Gasteiger partial charge in [0, 0.05) is 24.2 Å². The second kappa shape index (κ2) is 7.99. The first-order valence-corrected chi connectivity index (χ1v) is 8.25. The van der Waals surface area contributed by atoms with Crippen LogP contribution in [0.2, 0.25) is 0 Å². The molecule has 146 valence electrons. The number of carbonyl (C=O) groups excluding carboxylic acids is 1. The van der Waals surface area contributed by atoms with Gasteiger partial charge < -0.3 is 9.30 Å². The molecular formula is C18H17F2N5O3. The summed E-state index contributed by atoms with van der Waals surface area (Å²) in [6.07, 6.45) is 1.56. The van der Waals surface area contributed by atoms with Gasteiger partial charge in [0.25, 0.3) is 0 Å². The third-order valence-electron chi connectivity index (χ3n) is 3.92. The van der Waals surface area contributed by atoms with Gasteiger partial charge in [0.2, 0.25) is 17.3 Å². The Bertz CT molecular complexity index is 1060. The largest absolute Gasteiger partial charge is 0.491 e. The number of rotatable bonds is 6. The highest BCUT2D eigenvalue weighted by Crippen LogP contribution is 2.12. The Balaban J connectivity index is 1.66. The number of aromatic amines is 1. The van der Waals surface area contributed by atoms with E-state index in [-0.39, 0.29) is 30.1 Å². The summed E-state index contributed by atoms with van der Waals surface area (Å²) in [5, 5.41) is 9.00. The highest BCUT2D eigenvalue weighted by molar-refractivity contribution is 5.88. The highest BCUT2D eigenvalue weighted by atomic mass is 19.1. The monoisotopic (exact) mass is 389 g/mol. The lowest BCUT2D eigenvalue weighted by Gasteiger charge is -2.11. The van der Waals surface area contributed by atoms with E-state index >= 15 is 0 Å². The van der Waals surface area contributed by atoms with Gasteiger partial charge >= 0.3 is 0 Å². The Morgan fingerprint density at radius 1 is 1.25 bits per heavy atom. The van der Waals surface area contributed by atoms with Crippen LogP contribution in [0.1, 0.15) is 17.1 Å². The molecule has 0 bridgehead atoms. The van der Waals surface area contributed by atoms with Gasteiger partial charge in [0.1, 0.15) is 24.0 Å². The number of halogens is 2. The fourth-order valence-corrected chi connectivity index (χ4v) is 2.63. The summed E-state index contributed by atoms with van der Waals surface area (Å²) in [7, 11) is 1.37. The first kappa shape index (κ1) is 19.2. The topological polar surface area (TPSA) is 102 Å².